The minimum atomic E-state index is -0.768. The van der Waals surface area contributed by atoms with Gasteiger partial charge in [-0.1, -0.05) is 113 Å². The Labute approximate surface area is 175 Å². The van der Waals surface area contributed by atoms with E-state index >= 15 is 0 Å². The maximum absolute atomic E-state index is 10.8. The highest BCUT2D eigenvalue weighted by atomic mass is 79.9. The predicted octanol–water partition coefficient (Wildman–Crippen LogP) is 6.38. The molecule has 0 amide bonds. The standard InChI is InChI=1S/C25H20BrOP/c26-20-16-17-23(24(27)18-20)25(19-10-4-1-5-11-19)28(21-12-6-2-7-13-21)22-14-8-3-9-15-22/h1-18,25,27H. The number of phenolic OH excluding ortho intramolecular Hbond substituents is 1. The SMILES string of the molecule is Oc1cc(Br)ccc1C(c1ccccc1)P(c1ccccc1)c1ccccc1. The van der Waals surface area contributed by atoms with Crippen molar-refractivity contribution < 1.29 is 5.11 Å². The van der Waals surface area contributed by atoms with Gasteiger partial charge in [0, 0.05) is 15.7 Å². The Hall–Kier alpha value is -2.41. The third-order valence-electron chi connectivity index (χ3n) is 4.73. The van der Waals surface area contributed by atoms with Crippen molar-refractivity contribution >= 4 is 34.5 Å². The lowest BCUT2D eigenvalue weighted by Gasteiger charge is -2.30. The molecular weight excluding hydrogens is 427 g/mol. The second-order valence-electron chi connectivity index (χ2n) is 6.56. The van der Waals surface area contributed by atoms with Crippen LogP contribution in [-0.4, -0.2) is 5.11 Å². The average molecular weight is 447 g/mol. The summed E-state index contributed by atoms with van der Waals surface area (Å²) in [5, 5.41) is 13.4. The second kappa shape index (κ2) is 8.73. The molecule has 0 aromatic heterocycles. The van der Waals surface area contributed by atoms with Gasteiger partial charge < -0.3 is 5.11 Å². The van der Waals surface area contributed by atoms with Gasteiger partial charge in [0.1, 0.15) is 5.75 Å². The van der Waals surface area contributed by atoms with Crippen LogP contribution in [0, 0.1) is 0 Å². The van der Waals surface area contributed by atoms with Gasteiger partial charge in [0.25, 0.3) is 0 Å². The van der Waals surface area contributed by atoms with Gasteiger partial charge in [-0.25, -0.2) is 0 Å². The Morgan fingerprint density at radius 2 is 1.14 bits per heavy atom. The molecule has 0 aliphatic rings. The maximum Gasteiger partial charge on any atom is 0.120 e. The largest absolute Gasteiger partial charge is 0.508 e. The number of aromatic hydroxyl groups is 1. The van der Waals surface area contributed by atoms with Gasteiger partial charge >= 0.3 is 0 Å². The van der Waals surface area contributed by atoms with Crippen LogP contribution < -0.4 is 10.6 Å². The number of hydrogen-bond donors (Lipinski definition) is 1. The first kappa shape index (κ1) is 18.9. The Bertz CT molecular complexity index is 996. The molecule has 1 atom stereocenters. The summed E-state index contributed by atoms with van der Waals surface area (Å²) in [4.78, 5) is 0. The Morgan fingerprint density at radius 1 is 0.643 bits per heavy atom. The zero-order valence-electron chi connectivity index (χ0n) is 15.2. The van der Waals surface area contributed by atoms with E-state index in [2.05, 4.69) is 101 Å². The van der Waals surface area contributed by atoms with Crippen molar-refractivity contribution in [3.05, 3.63) is 125 Å². The summed E-state index contributed by atoms with van der Waals surface area (Å²) >= 11 is 3.47. The molecule has 1 unspecified atom stereocenters. The van der Waals surface area contributed by atoms with E-state index in [0.29, 0.717) is 5.75 Å². The van der Waals surface area contributed by atoms with Crippen molar-refractivity contribution in [2.75, 3.05) is 0 Å². The predicted molar refractivity (Wildman–Crippen MR) is 123 cm³/mol. The molecule has 0 radical (unpaired) electrons. The summed E-state index contributed by atoms with van der Waals surface area (Å²) in [5.41, 5.74) is 2.21. The molecule has 1 N–H and O–H groups in total. The third kappa shape index (κ3) is 4.04. The Balaban J connectivity index is 1.96. The molecule has 0 saturated carbocycles. The highest BCUT2D eigenvalue weighted by Crippen LogP contribution is 2.55. The molecule has 0 fully saturated rings. The van der Waals surface area contributed by atoms with Crippen LogP contribution in [-0.2, 0) is 0 Å². The Kier molecular flexibility index (Phi) is 5.90. The lowest BCUT2D eigenvalue weighted by molar-refractivity contribution is 0.468. The van der Waals surface area contributed by atoms with Crippen molar-refractivity contribution in [3.63, 3.8) is 0 Å². The average Bonchev–Trinajstić information content (AvgIpc) is 2.74. The summed E-state index contributed by atoms with van der Waals surface area (Å²) in [5.74, 6) is 0.322. The zero-order chi connectivity index (χ0) is 19.3. The van der Waals surface area contributed by atoms with Crippen LogP contribution in [0.1, 0.15) is 16.8 Å². The summed E-state index contributed by atoms with van der Waals surface area (Å²) in [7, 11) is -0.768. The van der Waals surface area contributed by atoms with Crippen LogP contribution >= 0.6 is 23.9 Å². The lowest BCUT2D eigenvalue weighted by Crippen LogP contribution is -2.18. The van der Waals surface area contributed by atoms with Crippen LogP contribution in [0.15, 0.2) is 114 Å². The summed E-state index contributed by atoms with van der Waals surface area (Å²) in [6.45, 7) is 0. The number of phenols is 1. The molecule has 0 aliphatic heterocycles. The second-order valence-corrected chi connectivity index (χ2v) is 9.76. The fraction of sp³-hybridized carbons (Fsp3) is 0.0400. The lowest BCUT2D eigenvalue weighted by atomic mass is 10.0. The van der Waals surface area contributed by atoms with Gasteiger partial charge in [-0.15, -0.1) is 0 Å². The van der Waals surface area contributed by atoms with Crippen LogP contribution in [0.3, 0.4) is 0 Å². The van der Waals surface area contributed by atoms with Crippen molar-refractivity contribution in [1.82, 2.24) is 0 Å². The van der Waals surface area contributed by atoms with Crippen LogP contribution in [0.5, 0.6) is 5.75 Å². The van der Waals surface area contributed by atoms with Crippen molar-refractivity contribution in [3.8, 4) is 5.75 Å². The van der Waals surface area contributed by atoms with E-state index in [1.54, 1.807) is 6.07 Å². The summed E-state index contributed by atoms with van der Waals surface area (Å²) in [6.07, 6.45) is 0. The number of rotatable bonds is 5. The minimum absolute atomic E-state index is 0.0501. The molecule has 0 spiro atoms. The quantitative estimate of drug-likeness (QED) is 0.352. The first-order valence-corrected chi connectivity index (χ1v) is 11.4. The Morgan fingerprint density at radius 3 is 1.64 bits per heavy atom. The van der Waals surface area contributed by atoms with E-state index < -0.39 is 7.92 Å². The van der Waals surface area contributed by atoms with E-state index in [0.717, 1.165) is 10.0 Å². The molecule has 4 aromatic rings. The van der Waals surface area contributed by atoms with Crippen LogP contribution in [0.2, 0.25) is 0 Å². The minimum Gasteiger partial charge on any atom is -0.508 e. The first-order chi connectivity index (χ1) is 13.7. The smallest absolute Gasteiger partial charge is 0.120 e. The molecule has 1 nitrogen and oxygen atoms in total. The molecule has 0 heterocycles. The normalized spacial score (nSPS) is 12.1. The molecule has 0 aliphatic carbocycles. The molecule has 28 heavy (non-hydrogen) atoms. The van der Waals surface area contributed by atoms with Crippen molar-refractivity contribution in [2.24, 2.45) is 0 Å². The summed E-state index contributed by atoms with van der Waals surface area (Å²) in [6, 6.07) is 37.6. The van der Waals surface area contributed by atoms with E-state index in [4.69, 9.17) is 0 Å². The molecule has 0 saturated heterocycles. The number of halogens is 1. The van der Waals surface area contributed by atoms with Gasteiger partial charge in [0.15, 0.2) is 0 Å². The fourth-order valence-electron chi connectivity index (χ4n) is 3.48. The zero-order valence-corrected chi connectivity index (χ0v) is 17.7. The third-order valence-corrected chi connectivity index (χ3v) is 8.02. The van der Waals surface area contributed by atoms with E-state index in [1.807, 2.05) is 18.2 Å². The molecule has 3 heteroatoms. The highest BCUT2D eigenvalue weighted by molar-refractivity contribution is 9.10. The van der Waals surface area contributed by atoms with Crippen molar-refractivity contribution in [2.45, 2.75) is 5.66 Å². The van der Waals surface area contributed by atoms with E-state index in [9.17, 15) is 5.11 Å². The van der Waals surface area contributed by atoms with Crippen LogP contribution in [0.4, 0.5) is 0 Å². The molecular formula is C25H20BrOP. The van der Waals surface area contributed by atoms with Gasteiger partial charge in [-0.3, -0.25) is 0 Å². The monoisotopic (exact) mass is 446 g/mol. The van der Waals surface area contributed by atoms with Crippen LogP contribution in [0.25, 0.3) is 0 Å². The first-order valence-electron chi connectivity index (χ1n) is 9.17. The highest BCUT2D eigenvalue weighted by Gasteiger charge is 2.29. The molecule has 0 bridgehead atoms. The van der Waals surface area contributed by atoms with Gasteiger partial charge in [0.05, 0.1) is 0 Å². The van der Waals surface area contributed by atoms with Gasteiger partial charge in [-0.05, 0) is 36.2 Å². The van der Waals surface area contributed by atoms with E-state index in [1.165, 1.54) is 16.2 Å². The maximum atomic E-state index is 10.8. The van der Waals surface area contributed by atoms with Gasteiger partial charge in [0.2, 0.25) is 0 Å². The number of benzene rings is 4. The van der Waals surface area contributed by atoms with Crippen molar-refractivity contribution in [1.29, 1.82) is 0 Å². The van der Waals surface area contributed by atoms with Gasteiger partial charge in [-0.2, -0.15) is 0 Å². The topological polar surface area (TPSA) is 20.2 Å². The fourth-order valence-corrected chi connectivity index (χ4v) is 6.67. The number of hydrogen-bond acceptors (Lipinski definition) is 1. The molecule has 4 rings (SSSR count). The summed E-state index contributed by atoms with van der Waals surface area (Å²) < 4.78 is 0.879. The molecule has 138 valence electrons. The van der Waals surface area contributed by atoms with E-state index in [-0.39, 0.29) is 5.66 Å². The molecule has 4 aromatic carbocycles.